The molecule has 1 heterocycles. The van der Waals surface area contributed by atoms with Gasteiger partial charge in [-0.05, 0) is 43.5 Å². The molecule has 0 aromatic heterocycles. The van der Waals surface area contributed by atoms with Crippen LogP contribution in [0.25, 0.3) is 0 Å². The van der Waals surface area contributed by atoms with E-state index >= 15 is 0 Å². The molecular formula is C15H22N2O2. The molecule has 0 saturated carbocycles. The summed E-state index contributed by atoms with van der Waals surface area (Å²) in [6, 6.07) is 6.27. The number of hydrogen-bond donors (Lipinski definition) is 3. The number of carbonyl (C=O) groups excluding carboxylic acids is 1. The second-order valence-electron chi connectivity index (χ2n) is 5.21. The number of Topliss-reactive ketones (excluding diaryl/α,β-unsaturated/α-hetero) is 1. The van der Waals surface area contributed by atoms with Crippen molar-refractivity contribution in [1.82, 2.24) is 5.32 Å². The van der Waals surface area contributed by atoms with E-state index < -0.39 is 0 Å². The predicted octanol–water partition coefficient (Wildman–Crippen LogP) is 1.59. The average molecular weight is 262 g/mol. The fraction of sp³-hybridized carbons (Fsp3) is 0.533. The van der Waals surface area contributed by atoms with Gasteiger partial charge >= 0.3 is 0 Å². The fourth-order valence-corrected chi connectivity index (χ4v) is 2.40. The number of anilines is 1. The Morgan fingerprint density at radius 2 is 2.37 bits per heavy atom. The molecule has 1 aliphatic rings. The topological polar surface area (TPSA) is 61.4 Å². The summed E-state index contributed by atoms with van der Waals surface area (Å²) in [4.78, 5) is 12.1. The quantitative estimate of drug-likeness (QED) is 0.681. The van der Waals surface area contributed by atoms with Crippen molar-refractivity contribution < 1.29 is 9.90 Å². The van der Waals surface area contributed by atoms with Gasteiger partial charge in [0.25, 0.3) is 0 Å². The van der Waals surface area contributed by atoms with E-state index in [-0.39, 0.29) is 25.0 Å². The highest BCUT2D eigenvalue weighted by Gasteiger charge is 2.18. The molecule has 2 atom stereocenters. The number of hydrogen-bond acceptors (Lipinski definition) is 4. The van der Waals surface area contributed by atoms with Crippen molar-refractivity contribution in [2.45, 2.75) is 38.8 Å². The Morgan fingerprint density at radius 1 is 1.58 bits per heavy atom. The molecule has 19 heavy (non-hydrogen) atoms. The summed E-state index contributed by atoms with van der Waals surface area (Å²) in [7, 11) is 0. The molecule has 0 fully saturated rings. The van der Waals surface area contributed by atoms with Gasteiger partial charge in [-0.25, -0.2) is 0 Å². The molecule has 0 amide bonds. The van der Waals surface area contributed by atoms with Crippen LogP contribution in [0.3, 0.4) is 0 Å². The Hall–Kier alpha value is -1.39. The molecule has 0 aliphatic carbocycles. The van der Waals surface area contributed by atoms with Gasteiger partial charge in [-0.1, -0.05) is 6.92 Å². The van der Waals surface area contributed by atoms with Gasteiger partial charge < -0.3 is 15.7 Å². The van der Waals surface area contributed by atoms with Crippen LogP contribution < -0.4 is 10.6 Å². The molecule has 2 unspecified atom stereocenters. The number of nitrogens with one attached hydrogen (secondary N) is 2. The Kier molecular flexibility index (Phi) is 4.56. The van der Waals surface area contributed by atoms with Crippen LogP contribution in [0.4, 0.5) is 5.69 Å². The molecule has 104 valence electrons. The minimum absolute atomic E-state index is 0.0000612. The zero-order chi connectivity index (χ0) is 13.8. The van der Waals surface area contributed by atoms with Gasteiger partial charge in [-0.2, -0.15) is 0 Å². The minimum Gasteiger partial charge on any atom is -0.395 e. The SMILES string of the molecule is CCC(CO)NCC(=O)c1ccc2c(c1)CC(C)N2. The smallest absolute Gasteiger partial charge is 0.176 e. The van der Waals surface area contributed by atoms with E-state index in [2.05, 4.69) is 17.6 Å². The molecule has 2 rings (SSSR count). The summed E-state index contributed by atoms with van der Waals surface area (Å²) < 4.78 is 0. The first kappa shape index (κ1) is 14.0. The number of aliphatic hydroxyl groups is 1. The monoisotopic (exact) mass is 262 g/mol. The number of ketones is 1. The highest BCUT2D eigenvalue weighted by atomic mass is 16.3. The van der Waals surface area contributed by atoms with Crippen LogP contribution in [0.5, 0.6) is 0 Å². The number of rotatable bonds is 6. The van der Waals surface area contributed by atoms with Crippen molar-refractivity contribution in [3.63, 3.8) is 0 Å². The maximum Gasteiger partial charge on any atom is 0.176 e. The van der Waals surface area contributed by atoms with Crippen molar-refractivity contribution in [1.29, 1.82) is 0 Å². The van der Waals surface area contributed by atoms with Crippen LogP contribution >= 0.6 is 0 Å². The van der Waals surface area contributed by atoms with Crippen molar-refractivity contribution in [2.24, 2.45) is 0 Å². The largest absolute Gasteiger partial charge is 0.395 e. The number of carbonyl (C=O) groups is 1. The molecule has 1 aromatic rings. The van der Waals surface area contributed by atoms with Gasteiger partial charge in [0.15, 0.2) is 5.78 Å². The summed E-state index contributed by atoms with van der Waals surface area (Å²) in [5.41, 5.74) is 3.10. The van der Waals surface area contributed by atoms with Gasteiger partial charge in [0, 0.05) is 23.3 Å². The molecule has 4 nitrogen and oxygen atoms in total. The van der Waals surface area contributed by atoms with E-state index in [1.807, 2.05) is 25.1 Å². The fourth-order valence-electron chi connectivity index (χ4n) is 2.40. The first-order chi connectivity index (χ1) is 9.13. The van der Waals surface area contributed by atoms with Crippen molar-refractivity contribution in [3.8, 4) is 0 Å². The van der Waals surface area contributed by atoms with Crippen molar-refractivity contribution >= 4 is 11.5 Å². The lowest BCUT2D eigenvalue weighted by atomic mass is 10.0. The molecule has 0 radical (unpaired) electrons. The van der Waals surface area contributed by atoms with Crippen LogP contribution in [-0.4, -0.2) is 36.1 Å². The molecule has 3 N–H and O–H groups in total. The summed E-state index contributed by atoms with van der Waals surface area (Å²) in [5.74, 6) is 0.0780. The summed E-state index contributed by atoms with van der Waals surface area (Å²) in [5, 5.41) is 15.5. The van der Waals surface area contributed by atoms with Crippen LogP contribution in [0, 0.1) is 0 Å². The lowest BCUT2D eigenvalue weighted by molar-refractivity contribution is 0.0982. The lowest BCUT2D eigenvalue weighted by Crippen LogP contribution is -2.35. The minimum atomic E-state index is 0.0000612. The zero-order valence-electron chi connectivity index (χ0n) is 11.6. The van der Waals surface area contributed by atoms with E-state index in [0.29, 0.717) is 6.04 Å². The molecule has 1 aromatic carbocycles. The van der Waals surface area contributed by atoms with E-state index in [4.69, 9.17) is 5.11 Å². The second kappa shape index (κ2) is 6.17. The van der Waals surface area contributed by atoms with E-state index in [1.165, 1.54) is 5.56 Å². The third-order valence-electron chi connectivity index (χ3n) is 3.62. The van der Waals surface area contributed by atoms with Crippen molar-refractivity contribution in [3.05, 3.63) is 29.3 Å². The third-order valence-corrected chi connectivity index (χ3v) is 3.62. The molecule has 4 heteroatoms. The van der Waals surface area contributed by atoms with Crippen molar-refractivity contribution in [2.75, 3.05) is 18.5 Å². The first-order valence-corrected chi connectivity index (χ1v) is 6.91. The maximum absolute atomic E-state index is 12.1. The third kappa shape index (κ3) is 3.33. The van der Waals surface area contributed by atoms with Crippen LogP contribution in [0.2, 0.25) is 0 Å². The van der Waals surface area contributed by atoms with Crippen LogP contribution in [0.15, 0.2) is 18.2 Å². The second-order valence-corrected chi connectivity index (χ2v) is 5.21. The Balaban J connectivity index is 1.99. The van der Waals surface area contributed by atoms with Gasteiger partial charge in [-0.3, -0.25) is 4.79 Å². The zero-order valence-corrected chi connectivity index (χ0v) is 11.6. The Bertz CT molecular complexity index is 455. The first-order valence-electron chi connectivity index (χ1n) is 6.91. The maximum atomic E-state index is 12.1. The molecule has 0 bridgehead atoms. The number of aliphatic hydroxyl groups excluding tert-OH is 1. The molecule has 1 aliphatic heterocycles. The van der Waals surface area contributed by atoms with Crippen LogP contribution in [0.1, 0.15) is 36.2 Å². The molecular weight excluding hydrogens is 240 g/mol. The van der Waals surface area contributed by atoms with E-state index in [1.54, 1.807) is 0 Å². The summed E-state index contributed by atoms with van der Waals surface area (Å²) in [6.07, 6.45) is 1.79. The predicted molar refractivity (Wildman–Crippen MR) is 76.7 cm³/mol. The summed E-state index contributed by atoms with van der Waals surface area (Å²) >= 11 is 0. The standard InChI is InChI=1S/C15H22N2O2/c1-3-13(9-18)16-8-15(19)11-4-5-14-12(7-11)6-10(2)17-14/h4-5,7,10,13,16-18H,3,6,8-9H2,1-2H3. The normalized spacial score (nSPS) is 18.8. The summed E-state index contributed by atoms with van der Waals surface area (Å²) in [6.45, 7) is 4.47. The number of fused-ring (bicyclic) bond motifs is 1. The Morgan fingerprint density at radius 3 is 3.05 bits per heavy atom. The number of benzene rings is 1. The molecule has 0 spiro atoms. The highest BCUT2D eigenvalue weighted by molar-refractivity contribution is 5.98. The van der Waals surface area contributed by atoms with Gasteiger partial charge in [0.05, 0.1) is 13.2 Å². The van der Waals surface area contributed by atoms with Gasteiger partial charge in [0.2, 0.25) is 0 Å². The van der Waals surface area contributed by atoms with Gasteiger partial charge in [-0.15, -0.1) is 0 Å². The molecule has 0 saturated heterocycles. The Labute approximate surface area is 114 Å². The lowest BCUT2D eigenvalue weighted by Gasteiger charge is -2.13. The van der Waals surface area contributed by atoms with E-state index in [9.17, 15) is 4.79 Å². The van der Waals surface area contributed by atoms with Crippen LogP contribution in [-0.2, 0) is 6.42 Å². The van der Waals surface area contributed by atoms with Gasteiger partial charge in [0.1, 0.15) is 0 Å². The van der Waals surface area contributed by atoms with E-state index in [0.717, 1.165) is 24.1 Å². The average Bonchev–Trinajstić information content (AvgIpc) is 2.78. The highest BCUT2D eigenvalue weighted by Crippen LogP contribution is 2.26.